The molecule has 8 N–H and O–H groups in total. The normalized spacial score (nSPS) is 12.8. The summed E-state index contributed by atoms with van der Waals surface area (Å²) in [6.07, 6.45) is 1.71. The summed E-state index contributed by atoms with van der Waals surface area (Å²) in [5.41, 5.74) is 2.53. The number of hydrogen-bond donors (Lipinski definition) is 7. The summed E-state index contributed by atoms with van der Waals surface area (Å²) in [6, 6.07) is 0. The molecule has 6 amide bonds. The van der Waals surface area contributed by atoms with E-state index in [4.69, 9.17) is 10.5 Å². The van der Waals surface area contributed by atoms with Gasteiger partial charge in [-0.05, 0) is 33.6 Å². The molecular formula is C34H59N9O12. The number of likely N-dealkylation sites (N-methyl/N-ethyl adjacent to an activating group) is 1. The summed E-state index contributed by atoms with van der Waals surface area (Å²) in [7, 11) is 2.20. The molecule has 0 aliphatic carbocycles. The monoisotopic (exact) mass is 785 g/mol. The SMILES string of the molecule is CCCCC(C)(NCC(=O)NCC(=O)NCC)C(=O)CN(CC(=O)OC)C(=O)CNC(=O)CNC(C)(CC)C(=O)CN(CC(=O)OC)C(=O)CNC(=O)CN. The van der Waals surface area contributed by atoms with Gasteiger partial charge in [-0.15, -0.1) is 0 Å². The number of nitrogens with two attached hydrogens (primary N) is 1. The molecule has 0 saturated carbocycles. The number of rotatable bonds is 28. The lowest BCUT2D eigenvalue weighted by Crippen LogP contribution is -2.58. The summed E-state index contributed by atoms with van der Waals surface area (Å²) >= 11 is 0. The minimum absolute atomic E-state index is 0.137. The Morgan fingerprint density at radius 2 is 0.982 bits per heavy atom. The summed E-state index contributed by atoms with van der Waals surface area (Å²) in [4.78, 5) is 127. The van der Waals surface area contributed by atoms with E-state index >= 15 is 0 Å². The number of carbonyl (C=O) groups excluding carboxylic acids is 10. The van der Waals surface area contributed by atoms with Gasteiger partial charge >= 0.3 is 11.9 Å². The lowest BCUT2D eigenvalue weighted by atomic mass is 9.89. The minimum atomic E-state index is -1.39. The van der Waals surface area contributed by atoms with E-state index in [0.717, 1.165) is 24.0 Å². The molecule has 0 rings (SSSR count). The van der Waals surface area contributed by atoms with Gasteiger partial charge < -0.3 is 46.3 Å². The van der Waals surface area contributed by atoms with E-state index in [1.165, 1.54) is 6.92 Å². The fourth-order valence-corrected chi connectivity index (χ4v) is 4.64. The Morgan fingerprint density at radius 1 is 0.564 bits per heavy atom. The number of ether oxygens (including phenoxy) is 2. The fourth-order valence-electron chi connectivity index (χ4n) is 4.64. The third kappa shape index (κ3) is 19.2. The van der Waals surface area contributed by atoms with Crippen molar-refractivity contribution in [3.8, 4) is 0 Å². The van der Waals surface area contributed by atoms with Crippen molar-refractivity contribution in [3.05, 3.63) is 0 Å². The number of ketones is 2. The van der Waals surface area contributed by atoms with Crippen LogP contribution in [-0.4, -0.2) is 166 Å². The molecule has 0 aliphatic heterocycles. The summed E-state index contributed by atoms with van der Waals surface area (Å²) in [5.74, 6) is -6.60. The molecule has 0 aromatic heterocycles. The molecular weight excluding hydrogens is 726 g/mol. The summed E-state index contributed by atoms with van der Waals surface area (Å²) in [6.45, 7) is 3.76. The molecule has 0 aliphatic rings. The topological polar surface area (TPSA) is 294 Å². The van der Waals surface area contributed by atoms with Crippen LogP contribution in [0.5, 0.6) is 0 Å². The van der Waals surface area contributed by atoms with Crippen LogP contribution in [0.4, 0.5) is 0 Å². The van der Waals surface area contributed by atoms with Gasteiger partial charge in [0.15, 0.2) is 11.6 Å². The van der Waals surface area contributed by atoms with Crippen LogP contribution in [-0.2, 0) is 57.4 Å². The number of Topliss-reactive ketones (excluding diaryl/α,β-unsaturated/α-hetero) is 2. The first-order valence-corrected chi connectivity index (χ1v) is 17.9. The first-order chi connectivity index (χ1) is 25.8. The Morgan fingerprint density at radius 3 is 1.40 bits per heavy atom. The Bertz CT molecular complexity index is 1380. The van der Waals surface area contributed by atoms with Crippen molar-refractivity contribution in [1.29, 1.82) is 0 Å². The molecule has 312 valence electrons. The average molecular weight is 786 g/mol. The Labute approximate surface area is 321 Å². The second-order valence-corrected chi connectivity index (χ2v) is 12.8. The first kappa shape index (κ1) is 50.0. The van der Waals surface area contributed by atoms with E-state index in [9.17, 15) is 47.9 Å². The Balaban J connectivity index is 5.66. The second kappa shape index (κ2) is 25.9. The number of hydrogen-bond acceptors (Lipinski definition) is 15. The zero-order valence-corrected chi connectivity index (χ0v) is 33.0. The smallest absolute Gasteiger partial charge is 0.325 e. The zero-order valence-electron chi connectivity index (χ0n) is 33.0. The van der Waals surface area contributed by atoms with Gasteiger partial charge in [-0.2, -0.15) is 0 Å². The summed E-state index contributed by atoms with van der Waals surface area (Å²) < 4.78 is 9.30. The molecule has 0 heterocycles. The lowest BCUT2D eigenvalue weighted by molar-refractivity contribution is -0.148. The lowest BCUT2D eigenvalue weighted by Gasteiger charge is -2.32. The Kier molecular flexibility index (Phi) is 23.5. The van der Waals surface area contributed by atoms with Gasteiger partial charge in [-0.3, -0.25) is 58.6 Å². The molecule has 21 nitrogen and oxygen atoms in total. The van der Waals surface area contributed by atoms with Crippen LogP contribution in [0.15, 0.2) is 0 Å². The molecule has 0 saturated heterocycles. The zero-order chi connectivity index (χ0) is 42.2. The molecule has 2 atom stereocenters. The summed E-state index contributed by atoms with van der Waals surface area (Å²) in [5, 5.41) is 15.4. The number of unbranched alkanes of at least 4 members (excludes halogenated alkanes) is 1. The molecule has 21 heteroatoms. The third-order valence-corrected chi connectivity index (χ3v) is 8.60. The van der Waals surface area contributed by atoms with Crippen LogP contribution in [0.1, 0.15) is 60.3 Å². The molecule has 0 spiro atoms. The van der Waals surface area contributed by atoms with Crippen molar-refractivity contribution in [1.82, 2.24) is 41.7 Å². The van der Waals surface area contributed by atoms with Crippen molar-refractivity contribution in [3.63, 3.8) is 0 Å². The predicted octanol–water partition coefficient (Wildman–Crippen LogP) is -4.13. The van der Waals surface area contributed by atoms with Crippen LogP contribution >= 0.6 is 0 Å². The van der Waals surface area contributed by atoms with Crippen molar-refractivity contribution in [2.45, 2.75) is 71.4 Å². The van der Waals surface area contributed by atoms with Crippen LogP contribution in [0.25, 0.3) is 0 Å². The maximum absolute atomic E-state index is 13.6. The number of methoxy groups -OCH3 is 2. The molecule has 0 aromatic rings. The number of esters is 2. The van der Waals surface area contributed by atoms with Crippen LogP contribution in [0, 0.1) is 0 Å². The van der Waals surface area contributed by atoms with E-state index in [2.05, 4.69) is 36.6 Å². The first-order valence-electron chi connectivity index (χ1n) is 17.9. The molecule has 2 unspecified atom stereocenters. The van der Waals surface area contributed by atoms with Gasteiger partial charge in [0.05, 0.1) is 77.7 Å². The predicted molar refractivity (Wildman–Crippen MR) is 197 cm³/mol. The van der Waals surface area contributed by atoms with Crippen LogP contribution in [0.3, 0.4) is 0 Å². The maximum atomic E-state index is 13.6. The quantitative estimate of drug-likeness (QED) is 0.0371. The fraction of sp³-hybridized carbons (Fsp3) is 0.706. The number of nitrogens with zero attached hydrogens (tertiary/aromatic N) is 2. The number of carbonyl (C=O) groups is 10. The Hall–Kier alpha value is -5.02. The highest BCUT2D eigenvalue weighted by molar-refractivity contribution is 5.97. The van der Waals surface area contributed by atoms with Crippen LogP contribution in [0.2, 0.25) is 0 Å². The third-order valence-electron chi connectivity index (χ3n) is 8.60. The van der Waals surface area contributed by atoms with E-state index in [0.29, 0.717) is 19.4 Å². The standard InChI is InChI=1S/C34H59N9O12/c1-8-11-12-34(5,41-16-27(48)37-14-26(47)36-10-3)24(45)20-43(22-32(53)55-7)30(51)18-39-28(49)15-40-33(4,9-2)23(44)19-42(21-31(52)54-6)29(50)17-38-25(46)13-35/h40-41H,8-22,35H2,1-7H3,(H,36,47)(H,37,48)(H,38,46)(H,39,49). The second-order valence-electron chi connectivity index (χ2n) is 12.8. The van der Waals surface area contributed by atoms with Gasteiger partial charge in [-0.25, -0.2) is 0 Å². The van der Waals surface area contributed by atoms with E-state index in [-0.39, 0.29) is 38.4 Å². The van der Waals surface area contributed by atoms with Gasteiger partial charge in [0.1, 0.15) is 13.1 Å². The van der Waals surface area contributed by atoms with E-state index in [1.807, 2.05) is 6.92 Å². The molecule has 0 aromatic carbocycles. The number of nitrogens with one attached hydrogen (secondary N) is 6. The van der Waals surface area contributed by atoms with Crippen molar-refractivity contribution in [2.75, 3.05) is 86.2 Å². The van der Waals surface area contributed by atoms with Crippen LogP contribution < -0.4 is 37.6 Å². The number of amides is 6. The van der Waals surface area contributed by atoms with E-state index < -0.39 is 110 Å². The van der Waals surface area contributed by atoms with Gasteiger partial charge in [0, 0.05) is 6.54 Å². The van der Waals surface area contributed by atoms with E-state index in [1.54, 1.807) is 20.8 Å². The maximum Gasteiger partial charge on any atom is 0.325 e. The van der Waals surface area contributed by atoms with Crippen molar-refractivity contribution in [2.24, 2.45) is 5.73 Å². The van der Waals surface area contributed by atoms with Gasteiger partial charge in [-0.1, -0.05) is 26.7 Å². The van der Waals surface area contributed by atoms with Crippen molar-refractivity contribution >= 4 is 58.9 Å². The van der Waals surface area contributed by atoms with Gasteiger partial charge in [0.25, 0.3) is 0 Å². The van der Waals surface area contributed by atoms with Crippen molar-refractivity contribution < 1.29 is 57.4 Å². The highest BCUT2D eigenvalue weighted by Gasteiger charge is 2.36. The highest BCUT2D eigenvalue weighted by atomic mass is 16.5. The molecule has 0 radical (unpaired) electrons. The highest BCUT2D eigenvalue weighted by Crippen LogP contribution is 2.17. The molecule has 0 bridgehead atoms. The molecule has 0 fully saturated rings. The van der Waals surface area contributed by atoms with Gasteiger partial charge in [0.2, 0.25) is 35.4 Å². The average Bonchev–Trinajstić information content (AvgIpc) is 3.17. The molecule has 55 heavy (non-hydrogen) atoms. The minimum Gasteiger partial charge on any atom is -0.468 e. The largest absolute Gasteiger partial charge is 0.468 e.